The van der Waals surface area contributed by atoms with Gasteiger partial charge in [-0.05, 0) is 13.0 Å². The lowest BCUT2D eigenvalue weighted by atomic mass is 10.3. The molecule has 0 aliphatic carbocycles. The van der Waals surface area contributed by atoms with Gasteiger partial charge in [-0.3, -0.25) is 0 Å². The predicted octanol–water partition coefficient (Wildman–Crippen LogP) is -0.380. The van der Waals surface area contributed by atoms with E-state index in [1.807, 2.05) is 0 Å². The quantitative estimate of drug-likeness (QED) is 0.496. The van der Waals surface area contributed by atoms with Crippen molar-refractivity contribution in [3.63, 3.8) is 0 Å². The van der Waals surface area contributed by atoms with Gasteiger partial charge < -0.3 is 19.9 Å². The summed E-state index contributed by atoms with van der Waals surface area (Å²) in [5, 5.41) is 12.3. The molecule has 0 aromatic carbocycles. The van der Waals surface area contributed by atoms with Crippen LogP contribution in [0.25, 0.3) is 0 Å². The Kier molecular flexibility index (Phi) is 8.81. The first-order chi connectivity index (χ1) is 5.81. The number of hydrogen-bond acceptors (Lipinski definition) is 4. The van der Waals surface area contributed by atoms with E-state index >= 15 is 0 Å². The van der Waals surface area contributed by atoms with E-state index in [2.05, 4.69) is 5.32 Å². The molecule has 0 aliphatic heterocycles. The van der Waals surface area contributed by atoms with Crippen molar-refractivity contribution in [2.45, 2.75) is 12.5 Å². The number of nitrogens with one attached hydrogen (secondary N) is 1. The highest BCUT2D eigenvalue weighted by atomic mass is 16.5. The van der Waals surface area contributed by atoms with E-state index in [-0.39, 0.29) is 6.10 Å². The fraction of sp³-hybridized carbons (Fsp3) is 1.00. The first kappa shape index (κ1) is 11.8. The van der Waals surface area contributed by atoms with Gasteiger partial charge in [0.1, 0.15) is 0 Å². The van der Waals surface area contributed by atoms with Gasteiger partial charge in [0.2, 0.25) is 0 Å². The summed E-state index contributed by atoms with van der Waals surface area (Å²) < 4.78 is 9.63. The van der Waals surface area contributed by atoms with Crippen LogP contribution >= 0.6 is 0 Å². The van der Waals surface area contributed by atoms with Crippen molar-refractivity contribution in [3.05, 3.63) is 0 Å². The Labute approximate surface area is 73.9 Å². The summed E-state index contributed by atoms with van der Waals surface area (Å²) >= 11 is 0. The van der Waals surface area contributed by atoms with Gasteiger partial charge in [-0.2, -0.15) is 0 Å². The second kappa shape index (κ2) is 8.93. The molecule has 0 aromatic heterocycles. The van der Waals surface area contributed by atoms with Crippen molar-refractivity contribution in [3.8, 4) is 0 Å². The van der Waals surface area contributed by atoms with Crippen molar-refractivity contribution in [2.75, 3.05) is 40.5 Å². The van der Waals surface area contributed by atoms with Gasteiger partial charge in [-0.15, -0.1) is 0 Å². The topological polar surface area (TPSA) is 50.7 Å². The zero-order valence-electron chi connectivity index (χ0n) is 7.88. The molecule has 0 bridgehead atoms. The lowest BCUT2D eigenvalue weighted by Crippen LogP contribution is -2.25. The molecule has 0 amide bonds. The van der Waals surface area contributed by atoms with Gasteiger partial charge >= 0.3 is 0 Å². The van der Waals surface area contributed by atoms with Crippen LogP contribution in [0.2, 0.25) is 0 Å². The van der Waals surface area contributed by atoms with Gasteiger partial charge in [0.25, 0.3) is 0 Å². The molecule has 0 fully saturated rings. The minimum absolute atomic E-state index is 0.356. The van der Waals surface area contributed by atoms with Crippen LogP contribution in [0.5, 0.6) is 0 Å². The molecule has 4 nitrogen and oxygen atoms in total. The summed E-state index contributed by atoms with van der Waals surface area (Å²) in [7, 11) is 3.25. The normalized spacial score (nSPS) is 13.2. The zero-order valence-corrected chi connectivity index (χ0v) is 7.88. The average molecular weight is 177 g/mol. The predicted molar refractivity (Wildman–Crippen MR) is 47.2 cm³/mol. The van der Waals surface area contributed by atoms with Crippen molar-refractivity contribution in [2.24, 2.45) is 0 Å². The number of aliphatic hydroxyl groups excluding tert-OH is 1. The van der Waals surface area contributed by atoms with Gasteiger partial charge in [-0.1, -0.05) is 0 Å². The third-order valence-corrected chi connectivity index (χ3v) is 1.50. The molecule has 74 valence electrons. The van der Waals surface area contributed by atoms with Gasteiger partial charge in [0.05, 0.1) is 19.3 Å². The molecule has 0 aromatic rings. The smallest absolute Gasteiger partial charge is 0.0785 e. The molecule has 0 aliphatic rings. The second-order valence-corrected chi connectivity index (χ2v) is 2.64. The highest BCUT2D eigenvalue weighted by Crippen LogP contribution is 1.89. The van der Waals surface area contributed by atoms with E-state index in [1.54, 1.807) is 14.2 Å². The summed E-state index contributed by atoms with van der Waals surface area (Å²) in [6.07, 6.45) is 0.363. The van der Waals surface area contributed by atoms with Crippen LogP contribution in [-0.2, 0) is 9.47 Å². The van der Waals surface area contributed by atoms with Crippen molar-refractivity contribution < 1.29 is 14.6 Å². The number of methoxy groups -OCH3 is 2. The van der Waals surface area contributed by atoms with Crippen LogP contribution in [0, 0.1) is 0 Å². The lowest BCUT2D eigenvalue weighted by molar-refractivity contribution is 0.0591. The minimum atomic E-state index is -0.356. The Hall–Kier alpha value is -0.160. The fourth-order valence-corrected chi connectivity index (χ4v) is 0.844. The standard InChI is InChI=1S/C8H19NO3/c1-11-6-5-9-4-3-8(10)7-12-2/h8-10H,3-7H2,1-2H3. The Balaban J connectivity index is 2.97. The minimum Gasteiger partial charge on any atom is -0.391 e. The van der Waals surface area contributed by atoms with Crippen LogP contribution in [0.1, 0.15) is 6.42 Å². The molecule has 1 unspecified atom stereocenters. The Morgan fingerprint density at radius 2 is 2.00 bits per heavy atom. The lowest BCUT2D eigenvalue weighted by Gasteiger charge is -2.09. The Bertz CT molecular complexity index is 90.4. The van der Waals surface area contributed by atoms with E-state index in [9.17, 15) is 5.11 Å². The molecule has 2 N–H and O–H groups in total. The third-order valence-electron chi connectivity index (χ3n) is 1.50. The SMILES string of the molecule is COCCNCCC(O)COC. The largest absolute Gasteiger partial charge is 0.391 e. The zero-order chi connectivity index (χ0) is 9.23. The molecule has 0 rings (SSSR count). The molecule has 12 heavy (non-hydrogen) atoms. The van der Waals surface area contributed by atoms with Gasteiger partial charge in [0, 0.05) is 20.8 Å². The number of ether oxygens (including phenoxy) is 2. The summed E-state index contributed by atoms with van der Waals surface area (Å²) in [5.74, 6) is 0. The highest BCUT2D eigenvalue weighted by molar-refractivity contribution is 4.56. The first-order valence-electron chi connectivity index (χ1n) is 4.18. The molecule has 1 atom stereocenters. The van der Waals surface area contributed by atoms with Crippen LogP contribution in [-0.4, -0.2) is 51.7 Å². The number of aliphatic hydroxyl groups is 1. The maximum Gasteiger partial charge on any atom is 0.0785 e. The van der Waals surface area contributed by atoms with Crippen LogP contribution in [0.15, 0.2) is 0 Å². The number of hydrogen-bond donors (Lipinski definition) is 2. The first-order valence-corrected chi connectivity index (χ1v) is 4.18. The van der Waals surface area contributed by atoms with E-state index in [4.69, 9.17) is 9.47 Å². The maximum absolute atomic E-state index is 9.21. The Morgan fingerprint density at radius 1 is 1.25 bits per heavy atom. The van der Waals surface area contributed by atoms with E-state index in [0.717, 1.165) is 19.5 Å². The van der Waals surface area contributed by atoms with Crippen LogP contribution in [0.4, 0.5) is 0 Å². The van der Waals surface area contributed by atoms with Crippen molar-refractivity contribution in [1.82, 2.24) is 5.32 Å². The monoisotopic (exact) mass is 177 g/mol. The fourth-order valence-electron chi connectivity index (χ4n) is 0.844. The van der Waals surface area contributed by atoms with E-state index in [0.29, 0.717) is 13.2 Å². The average Bonchev–Trinajstić information content (AvgIpc) is 2.05. The van der Waals surface area contributed by atoms with Gasteiger partial charge in [0.15, 0.2) is 0 Å². The molecule has 0 radical (unpaired) electrons. The molecule has 4 heteroatoms. The molecule has 0 saturated heterocycles. The van der Waals surface area contributed by atoms with Gasteiger partial charge in [-0.25, -0.2) is 0 Å². The summed E-state index contributed by atoms with van der Waals surface area (Å²) in [5.41, 5.74) is 0. The van der Waals surface area contributed by atoms with Crippen LogP contribution < -0.4 is 5.32 Å². The molecule has 0 heterocycles. The second-order valence-electron chi connectivity index (χ2n) is 2.64. The van der Waals surface area contributed by atoms with E-state index in [1.165, 1.54) is 0 Å². The van der Waals surface area contributed by atoms with E-state index < -0.39 is 0 Å². The molecule has 0 saturated carbocycles. The summed E-state index contributed by atoms with van der Waals surface area (Å²) in [6, 6.07) is 0. The summed E-state index contributed by atoms with van der Waals surface area (Å²) in [6.45, 7) is 2.75. The Morgan fingerprint density at radius 3 is 2.58 bits per heavy atom. The highest BCUT2D eigenvalue weighted by Gasteiger charge is 2.01. The van der Waals surface area contributed by atoms with Crippen molar-refractivity contribution in [1.29, 1.82) is 0 Å². The molecular weight excluding hydrogens is 158 g/mol. The molecular formula is C8H19NO3. The molecule has 0 spiro atoms. The summed E-state index contributed by atoms with van der Waals surface area (Å²) in [4.78, 5) is 0. The van der Waals surface area contributed by atoms with Crippen LogP contribution in [0.3, 0.4) is 0 Å². The maximum atomic E-state index is 9.21. The third kappa shape index (κ3) is 7.94. The number of rotatable bonds is 8. The van der Waals surface area contributed by atoms with Crippen molar-refractivity contribution >= 4 is 0 Å².